The van der Waals surface area contributed by atoms with Gasteiger partial charge in [-0.2, -0.15) is 0 Å². The van der Waals surface area contributed by atoms with Gasteiger partial charge in [0.25, 0.3) is 0 Å². The number of nitrogens with zero attached hydrogens (tertiary/aromatic N) is 1. The van der Waals surface area contributed by atoms with Gasteiger partial charge in [0.05, 0.1) is 5.92 Å². The predicted molar refractivity (Wildman–Crippen MR) is 77.6 cm³/mol. The first-order valence-electron chi connectivity index (χ1n) is 7.36. The lowest BCUT2D eigenvalue weighted by atomic mass is 9.75. The SMILES string of the molecule is NC1(CC(=O)N2Cc3ccccc3C(C(=O)O)C2)CCC1. The van der Waals surface area contributed by atoms with E-state index in [2.05, 4.69) is 0 Å². The van der Waals surface area contributed by atoms with Crippen LogP contribution in [0.15, 0.2) is 24.3 Å². The van der Waals surface area contributed by atoms with Crippen molar-refractivity contribution in [1.29, 1.82) is 0 Å². The topological polar surface area (TPSA) is 83.6 Å². The molecule has 0 saturated heterocycles. The summed E-state index contributed by atoms with van der Waals surface area (Å²) in [5.41, 5.74) is 7.51. The van der Waals surface area contributed by atoms with Crippen LogP contribution in [0.2, 0.25) is 0 Å². The van der Waals surface area contributed by atoms with Crippen LogP contribution in [-0.4, -0.2) is 34.0 Å². The molecule has 0 radical (unpaired) electrons. The molecule has 1 amide bonds. The molecule has 21 heavy (non-hydrogen) atoms. The van der Waals surface area contributed by atoms with Gasteiger partial charge in [-0.05, 0) is 30.4 Å². The largest absolute Gasteiger partial charge is 0.481 e. The number of carbonyl (C=O) groups is 2. The lowest BCUT2D eigenvalue weighted by Gasteiger charge is -2.40. The van der Waals surface area contributed by atoms with E-state index in [0.29, 0.717) is 13.0 Å². The van der Waals surface area contributed by atoms with Crippen LogP contribution in [0.4, 0.5) is 0 Å². The number of amides is 1. The van der Waals surface area contributed by atoms with Gasteiger partial charge < -0.3 is 15.7 Å². The molecule has 5 heteroatoms. The second-order valence-corrected chi connectivity index (χ2v) is 6.26. The number of carbonyl (C=O) groups excluding carboxylic acids is 1. The quantitative estimate of drug-likeness (QED) is 0.882. The molecule has 2 aliphatic rings. The normalized spacial score (nSPS) is 23.1. The summed E-state index contributed by atoms with van der Waals surface area (Å²) in [5, 5.41) is 9.41. The number of carboxylic acids is 1. The number of hydrogen-bond donors (Lipinski definition) is 2. The van der Waals surface area contributed by atoms with E-state index in [1.165, 1.54) is 0 Å². The highest BCUT2D eigenvalue weighted by Crippen LogP contribution is 2.34. The third kappa shape index (κ3) is 2.65. The number of carboxylic acid groups (broad SMARTS) is 1. The molecule has 1 unspecified atom stereocenters. The molecule has 1 saturated carbocycles. The average molecular weight is 288 g/mol. The number of aliphatic carboxylic acids is 1. The molecule has 0 aromatic heterocycles. The van der Waals surface area contributed by atoms with Crippen LogP contribution in [0.25, 0.3) is 0 Å². The van der Waals surface area contributed by atoms with Gasteiger partial charge in [-0.15, -0.1) is 0 Å². The zero-order chi connectivity index (χ0) is 15.0. The molecule has 1 fully saturated rings. The standard InChI is InChI=1S/C16H20N2O3/c17-16(6-3-7-16)8-14(19)18-9-11-4-1-2-5-12(11)13(10-18)15(20)21/h1-2,4-5,13H,3,6-10,17H2,(H,20,21). The van der Waals surface area contributed by atoms with Crippen molar-refractivity contribution < 1.29 is 14.7 Å². The predicted octanol–water partition coefficient (Wildman–Crippen LogP) is 1.47. The third-order valence-electron chi connectivity index (χ3n) is 4.70. The fourth-order valence-corrected chi connectivity index (χ4v) is 3.23. The van der Waals surface area contributed by atoms with Gasteiger partial charge in [0, 0.05) is 25.0 Å². The highest BCUT2D eigenvalue weighted by molar-refractivity contribution is 5.82. The minimum Gasteiger partial charge on any atom is -0.481 e. The second-order valence-electron chi connectivity index (χ2n) is 6.26. The summed E-state index contributed by atoms with van der Waals surface area (Å²) in [6, 6.07) is 7.45. The maximum absolute atomic E-state index is 12.4. The second kappa shape index (κ2) is 5.15. The maximum Gasteiger partial charge on any atom is 0.312 e. The number of rotatable bonds is 3. The Bertz CT molecular complexity index is 581. The van der Waals surface area contributed by atoms with Crippen LogP contribution in [0.5, 0.6) is 0 Å². The van der Waals surface area contributed by atoms with Crippen molar-refractivity contribution in [2.75, 3.05) is 6.54 Å². The van der Waals surface area contributed by atoms with Crippen LogP contribution in [-0.2, 0) is 16.1 Å². The Morgan fingerprint density at radius 1 is 1.33 bits per heavy atom. The molecule has 5 nitrogen and oxygen atoms in total. The van der Waals surface area contributed by atoms with Gasteiger partial charge in [0.15, 0.2) is 0 Å². The molecular weight excluding hydrogens is 268 g/mol. The first-order chi connectivity index (χ1) is 9.98. The molecule has 112 valence electrons. The van der Waals surface area contributed by atoms with Crippen molar-refractivity contribution >= 4 is 11.9 Å². The summed E-state index contributed by atoms with van der Waals surface area (Å²) in [7, 11) is 0. The van der Waals surface area contributed by atoms with E-state index < -0.39 is 11.9 Å². The molecule has 1 aliphatic heterocycles. The fourth-order valence-electron chi connectivity index (χ4n) is 3.23. The third-order valence-corrected chi connectivity index (χ3v) is 4.70. The van der Waals surface area contributed by atoms with Gasteiger partial charge >= 0.3 is 5.97 Å². The Morgan fingerprint density at radius 3 is 2.67 bits per heavy atom. The molecule has 3 rings (SSSR count). The first-order valence-corrected chi connectivity index (χ1v) is 7.36. The molecule has 3 N–H and O–H groups in total. The van der Waals surface area contributed by atoms with E-state index in [9.17, 15) is 14.7 Å². The van der Waals surface area contributed by atoms with Gasteiger partial charge in [0.1, 0.15) is 0 Å². The molecular formula is C16H20N2O3. The monoisotopic (exact) mass is 288 g/mol. The molecule has 1 aromatic rings. The maximum atomic E-state index is 12.4. The van der Waals surface area contributed by atoms with Crippen molar-refractivity contribution in [1.82, 2.24) is 4.90 Å². The molecule has 1 aromatic carbocycles. The van der Waals surface area contributed by atoms with Gasteiger partial charge in [-0.25, -0.2) is 0 Å². The van der Waals surface area contributed by atoms with Gasteiger partial charge in [0.2, 0.25) is 5.91 Å². The molecule has 1 aliphatic carbocycles. The molecule has 0 spiro atoms. The van der Waals surface area contributed by atoms with Crippen molar-refractivity contribution in [3.8, 4) is 0 Å². The number of benzene rings is 1. The zero-order valence-electron chi connectivity index (χ0n) is 11.9. The van der Waals surface area contributed by atoms with Gasteiger partial charge in [-0.1, -0.05) is 24.3 Å². The van der Waals surface area contributed by atoms with Gasteiger partial charge in [-0.3, -0.25) is 9.59 Å². The molecule has 0 bridgehead atoms. The summed E-state index contributed by atoms with van der Waals surface area (Å²) < 4.78 is 0. The van der Waals surface area contributed by atoms with E-state index in [0.717, 1.165) is 30.4 Å². The number of fused-ring (bicyclic) bond motifs is 1. The number of nitrogens with two attached hydrogens (primary N) is 1. The highest BCUT2D eigenvalue weighted by atomic mass is 16.4. The van der Waals surface area contributed by atoms with Crippen LogP contribution in [0, 0.1) is 0 Å². The average Bonchev–Trinajstić information content (AvgIpc) is 2.44. The lowest BCUT2D eigenvalue weighted by molar-refractivity contribution is -0.141. The molecule has 1 heterocycles. The fraction of sp³-hybridized carbons (Fsp3) is 0.500. The van der Waals surface area contributed by atoms with Crippen LogP contribution < -0.4 is 5.73 Å². The Kier molecular flexibility index (Phi) is 3.45. The number of hydrogen-bond acceptors (Lipinski definition) is 3. The Hall–Kier alpha value is -1.88. The van der Waals surface area contributed by atoms with Crippen molar-refractivity contribution in [3.05, 3.63) is 35.4 Å². The van der Waals surface area contributed by atoms with Crippen LogP contribution in [0.1, 0.15) is 42.7 Å². The van der Waals surface area contributed by atoms with E-state index in [1.54, 1.807) is 4.90 Å². The minimum atomic E-state index is -0.883. The van der Waals surface area contributed by atoms with E-state index in [4.69, 9.17) is 5.73 Å². The summed E-state index contributed by atoms with van der Waals surface area (Å²) in [6.45, 7) is 0.718. The smallest absolute Gasteiger partial charge is 0.312 e. The van der Waals surface area contributed by atoms with Crippen molar-refractivity contribution in [3.63, 3.8) is 0 Å². The van der Waals surface area contributed by atoms with E-state index in [1.807, 2.05) is 24.3 Å². The Balaban J connectivity index is 1.79. The van der Waals surface area contributed by atoms with E-state index in [-0.39, 0.29) is 18.0 Å². The zero-order valence-corrected chi connectivity index (χ0v) is 11.9. The summed E-state index contributed by atoms with van der Waals surface area (Å²) in [6.07, 6.45) is 3.16. The van der Waals surface area contributed by atoms with Crippen molar-refractivity contribution in [2.45, 2.75) is 43.7 Å². The lowest BCUT2D eigenvalue weighted by Crippen LogP contribution is -2.51. The summed E-state index contributed by atoms with van der Waals surface area (Å²) in [4.78, 5) is 25.6. The van der Waals surface area contributed by atoms with Crippen molar-refractivity contribution in [2.24, 2.45) is 5.73 Å². The Labute approximate surface area is 123 Å². The minimum absolute atomic E-state index is 0.0297. The molecule has 1 atom stereocenters. The summed E-state index contributed by atoms with van der Waals surface area (Å²) >= 11 is 0. The Morgan fingerprint density at radius 2 is 2.05 bits per heavy atom. The first kappa shape index (κ1) is 14.1. The van der Waals surface area contributed by atoms with Crippen LogP contribution in [0.3, 0.4) is 0 Å². The summed E-state index contributed by atoms with van der Waals surface area (Å²) in [5.74, 6) is -1.56. The van der Waals surface area contributed by atoms with E-state index >= 15 is 0 Å². The van der Waals surface area contributed by atoms with Crippen LogP contribution >= 0.6 is 0 Å². The highest BCUT2D eigenvalue weighted by Gasteiger charge is 2.38.